The number of hydrogen-bond acceptors (Lipinski definition) is 1. The van der Waals surface area contributed by atoms with Crippen molar-refractivity contribution >= 4 is 5.91 Å². The number of hydrogen-bond donors (Lipinski definition) is 1. The maximum Gasteiger partial charge on any atom is 0.252 e. The zero-order valence-corrected chi connectivity index (χ0v) is 11.3. The van der Waals surface area contributed by atoms with Crippen LogP contribution in [0.25, 0.3) is 0 Å². The lowest BCUT2D eigenvalue weighted by atomic mass is 9.82. The molecule has 0 unspecified atom stereocenters. The predicted octanol–water partition coefficient (Wildman–Crippen LogP) is 3.41. The van der Waals surface area contributed by atoms with E-state index < -0.39 is 0 Å². The van der Waals surface area contributed by atoms with Crippen molar-refractivity contribution in [2.75, 3.05) is 0 Å². The number of rotatable bonds is 1. The molecule has 1 heterocycles. The van der Waals surface area contributed by atoms with Gasteiger partial charge in [0.15, 0.2) is 0 Å². The van der Waals surface area contributed by atoms with Crippen molar-refractivity contribution in [1.82, 2.24) is 5.32 Å². The maximum absolute atomic E-state index is 12.3. The molecule has 2 nitrogen and oxygen atoms in total. The van der Waals surface area contributed by atoms with Gasteiger partial charge in [-0.25, -0.2) is 0 Å². The number of carbonyl (C=O) groups excluding carboxylic acids is 1. The van der Waals surface area contributed by atoms with E-state index >= 15 is 0 Å². The average Bonchev–Trinajstić information content (AvgIpc) is 2.76. The number of benzene rings is 1. The first-order valence-corrected chi connectivity index (χ1v) is 7.05. The van der Waals surface area contributed by atoms with Gasteiger partial charge in [-0.1, -0.05) is 38.8 Å². The molecule has 0 bridgehead atoms. The molecule has 0 radical (unpaired) electrons. The Kier molecular flexibility index (Phi) is 2.69. The molecule has 3 rings (SSSR count). The minimum Gasteiger partial charge on any atom is -0.346 e. The highest BCUT2D eigenvalue weighted by Crippen LogP contribution is 2.37. The molecular weight excluding hydrogens is 222 g/mol. The van der Waals surface area contributed by atoms with Gasteiger partial charge >= 0.3 is 0 Å². The first-order chi connectivity index (χ1) is 8.60. The summed E-state index contributed by atoms with van der Waals surface area (Å²) in [5, 5.41) is 3.28. The molecule has 0 atom stereocenters. The molecule has 1 aliphatic heterocycles. The quantitative estimate of drug-likeness (QED) is 0.804. The van der Waals surface area contributed by atoms with Crippen LogP contribution >= 0.6 is 0 Å². The Morgan fingerprint density at radius 2 is 1.94 bits per heavy atom. The smallest absolute Gasteiger partial charge is 0.252 e. The van der Waals surface area contributed by atoms with E-state index in [4.69, 9.17) is 0 Å². The Bertz CT molecular complexity index is 484. The molecule has 1 N–H and O–H groups in total. The van der Waals surface area contributed by atoms with E-state index in [0.717, 1.165) is 24.8 Å². The Morgan fingerprint density at radius 1 is 1.22 bits per heavy atom. The third kappa shape index (κ3) is 1.84. The van der Waals surface area contributed by atoms with Gasteiger partial charge in [-0.15, -0.1) is 0 Å². The van der Waals surface area contributed by atoms with Gasteiger partial charge in [0.25, 0.3) is 5.91 Å². The molecule has 1 fully saturated rings. The van der Waals surface area contributed by atoms with Crippen LogP contribution in [0.15, 0.2) is 18.2 Å². The Hall–Kier alpha value is -1.31. The summed E-state index contributed by atoms with van der Waals surface area (Å²) in [5.41, 5.74) is 3.47. The minimum absolute atomic E-state index is 0.0728. The summed E-state index contributed by atoms with van der Waals surface area (Å²) >= 11 is 0. The minimum atomic E-state index is 0.0728. The van der Waals surface area contributed by atoms with Gasteiger partial charge in [0, 0.05) is 11.1 Å². The molecule has 96 valence electrons. The van der Waals surface area contributed by atoms with Crippen LogP contribution in [0, 0.1) is 0 Å². The van der Waals surface area contributed by atoms with E-state index in [0.29, 0.717) is 5.92 Å². The van der Waals surface area contributed by atoms with Gasteiger partial charge in [0.2, 0.25) is 0 Å². The van der Waals surface area contributed by atoms with Gasteiger partial charge in [-0.05, 0) is 42.4 Å². The fraction of sp³-hybridized carbons (Fsp3) is 0.562. The molecule has 1 aliphatic carbocycles. The summed E-state index contributed by atoms with van der Waals surface area (Å²) in [6.07, 6.45) is 5.81. The van der Waals surface area contributed by atoms with E-state index in [1.807, 2.05) is 0 Å². The van der Waals surface area contributed by atoms with Gasteiger partial charge in [-0.2, -0.15) is 0 Å². The molecule has 1 saturated carbocycles. The summed E-state index contributed by atoms with van der Waals surface area (Å²) in [4.78, 5) is 12.3. The Labute approximate surface area is 109 Å². The summed E-state index contributed by atoms with van der Waals surface area (Å²) < 4.78 is 0. The number of carbonyl (C=O) groups is 1. The molecule has 1 spiro atoms. The molecule has 18 heavy (non-hydrogen) atoms. The third-order valence-electron chi connectivity index (χ3n) is 4.51. The molecular formula is C16H21NO. The van der Waals surface area contributed by atoms with Crippen LogP contribution in [-0.4, -0.2) is 11.4 Å². The van der Waals surface area contributed by atoms with Crippen molar-refractivity contribution in [1.29, 1.82) is 0 Å². The summed E-state index contributed by atoms with van der Waals surface area (Å²) in [6, 6.07) is 6.44. The summed E-state index contributed by atoms with van der Waals surface area (Å²) in [5.74, 6) is 0.617. The second-order valence-electron chi connectivity index (χ2n) is 6.19. The highest BCUT2D eigenvalue weighted by Gasteiger charge is 2.39. The van der Waals surface area contributed by atoms with Crippen molar-refractivity contribution in [2.45, 2.75) is 57.4 Å². The molecule has 0 aromatic heterocycles. The van der Waals surface area contributed by atoms with Crippen LogP contribution in [-0.2, 0) is 6.42 Å². The topological polar surface area (TPSA) is 29.1 Å². The highest BCUT2D eigenvalue weighted by molar-refractivity contribution is 5.97. The van der Waals surface area contributed by atoms with Gasteiger partial charge in [-0.3, -0.25) is 4.79 Å². The van der Waals surface area contributed by atoms with Crippen molar-refractivity contribution in [3.8, 4) is 0 Å². The SMILES string of the molecule is CC(C)c1ccc2c(c1)C(=O)NC1(CCCC1)C2. The fourth-order valence-electron chi connectivity index (χ4n) is 3.39. The van der Waals surface area contributed by atoms with Crippen molar-refractivity contribution < 1.29 is 4.79 Å². The summed E-state index contributed by atoms with van der Waals surface area (Å²) in [7, 11) is 0. The zero-order chi connectivity index (χ0) is 12.8. The van der Waals surface area contributed by atoms with Gasteiger partial charge in [0.1, 0.15) is 0 Å². The van der Waals surface area contributed by atoms with E-state index in [9.17, 15) is 4.79 Å². The van der Waals surface area contributed by atoms with Crippen LogP contribution in [0.2, 0.25) is 0 Å². The standard InChI is InChI=1S/C16H21NO/c1-11(2)12-5-6-13-10-16(7-3-4-8-16)17-15(18)14(13)9-12/h5-6,9,11H,3-4,7-8,10H2,1-2H3,(H,17,18). The lowest BCUT2D eigenvalue weighted by molar-refractivity contribution is 0.0880. The predicted molar refractivity (Wildman–Crippen MR) is 72.9 cm³/mol. The molecule has 1 aromatic rings. The van der Waals surface area contributed by atoms with Crippen LogP contribution in [0.3, 0.4) is 0 Å². The van der Waals surface area contributed by atoms with Crippen molar-refractivity contribution in [3.05, 3.63) is 34.9 Å². The van der Waals surface area contributed by atoms with E-state index in [2.05, 4.69) is 37.4 Å². The van der Waals surface area contributed by atoms with E-state index in [1.54, 1.807) is 0 Å². The van der Waals surface area contributed by atoms with Crippen LogP contribution < -0.4 is 5.32 Å². The van der Waals surface area contributed by atoms with Crippen LogP contribution in [0.4, 0.5) is 0 Å². The van der Waals surface area contributed by atoms with Crippen molar-refractivity contribution in [2.24, 2.45) is 0 Å². The van der Waals surface area contributed by atoms with Crippen LogP contribution in [0.5, 0.6) is 0 Å². The number of fused-ring (bicyclic) bond motifs is 1. The maximum atomic E-state index is 12.3. The van der Waals surface area contributed by atoms with Gasteiger partial charge in [0.05, 0.1) is 0 Å². The molecule has 0 saturated heterocycles. The number of amides is 1. The molecule has 2 aliphatic rings. The Balaban J connectivity index is 1.98. The largest absolute Gasteiger partial charge is 0.346 e. The zero-order valence-electron chi connectivity index (χ0n) is 11.3. The lowest BCUT2D eigenvalue weighted by Crippen LogP contribution is -2.51. The first kappa shape index (κ1) is 11.8. The Morgan fingerprint density at radius 3 is 2.61 bits per heavy atom. The molecule has 2 heteroatoms. The highest BCUT2D eigenvalue weighted by atomic mass is 16.1. The normalized spacial score (nSPS) is 21.2. The fourth-order valence-corrected chi connectivity index (χ4v) is 3.39. The van der Waals surface area contributed by atoms with E-state index in [1.165, 1.54) is 24.0 Å². The second kappa shape index (κ2) is 4.11. The monoisotopic (exact) mass is 243 g/mol. The first-order valence-electron chi connectivity index (χ1n) is 7.05. The van der Waals surface area contributed by atoms with Crippen molar-refractivity contribution in [3.63, 3.8) is 0 Å². The molecule has 1 aromatic carbocycles. The third-order valence-corrected chi connectivity index (χ3v) is 4.51. The van der Waals surface area contributed by atoms with Crippen LogP contribution in [0.1, 0.15) is 66.9 Å². The van der Waals surface area contributed by atoms with Gasteiger partial charge < -0.3 is 5.32 Å². The molecule has 1 amide bonds. The average molecular weight is 243 g/mol. The second-order valence-corrected chi connectivity index (χ2v) is 6.19. The number of nitrogens with one attached hydrogen (secondary N) is 1. The lowest BCUT2D eigenvalue weighted by Gasteiger charge is -2.35. The summed E-state index contributed by atoms with van der Waals surface area (Å²) in [6.45, 7) is 4.34. The van der Waals surface area contributed by atoms with E-state index in [-0.39, 0.29) is 11.4 Å².